The molecular weight excluding hydrogens is 238 g/mol. The van der Waals surface area contributed by atoms with Gasteiger partial charge in [-0.25, -0.2) is 8.42 Å². The van der Waals surface area contributed by atoms with Crippen LogP contribution in [0.15, 0.2) is 15.8 Å². The maximum atomic E-state index is 11.7. The number of nitrogens with zero attached hydrogens (tertiary/aromatic N) is 1. The zero-order chi connectivity index (χ0) is 11.8. The minimum atomic E-state index is -3.56. The fourth-order valence-corrected chi connectivity index (χ4v) is 2.83. The third kappa shape index (κ3) is 2.08. The highest BCUT2D eigenvalue weighted by atomic mass is 35.5. The minimum Gasteiger partial charge on any atom is -0.315 e. The summed E-state index contributed by atoms with van der Waals surface area (Å²) in [7, 11) is -2.05. The molecule has 0 saturated heterocycles. The van der Waals surface area contributed by atoms with Gasteiger partial charge in [-0.15, -0.1) is 0 Å². The summed E-state index contributed by atoms with van der Waals surface area (Å²) in [5, 5.41) is -0.00236. The number of rotatable bonds is 2. The van der Waals surface area contributed by atoms with E-state index in [0.717, 1.165) is 0 Å². The van der Waals surface area contributed by atoms with E-state index in [0.29, 0.717) is 5.69 Å². The second-order valence-electron chi connectivity index (χ2n) is 3.23. The first-order chi connectivity index (χ1) is 6.81. The molecule has 0 amide bonds. The van der Waals surface area contributed by atoms with Crippen molar-refractivity contribution in [3.05, 3.63) is 27.1 Å². The highest BCUT2D eigenvalue weighted by molar-refractivity contribution is 7.91. The van der Waals surface area contributed by atoms with Crippen LogP contribution in [0.4, 0.5) is 0 Å². The summed E-state index contributed by atoms with van der Waals surface area (Å²) >= 11 is 5.78. The molecule has 0 N–H and O–H groups in total. The van der Waals surface area contributed by atoms with Gasteiger partial charge in [0.2, 0.25) is 0 Å². The molecule has 6 heteroatoms. The zero-order valence-electron chi connectivity index (χ0n) is 8.74. The molecule has 0 unspecified atom stereocenters. The Morgan fingerprint density at radius 1 is 1.47 bits per heavy atom. The van der Waals surface area contributed by atoms with Gasteiger partial charge in [0.15, 0.2) is 14.7 Å². The Hall–Kier alpha value is -0.810. The summed E-state index contributed by atoms with van der Waals surface area (Å²) in [6, 6.07) is 1.48. The van der Waals surface area contributed by atoms with E-state index in [-0.39, 0.29) is 15.7 Å². The maximum absolute atomic E-state index is 11.7. The summed E-state index contributed by atoms with van der Waals surface area (Å²) in [5.74, 6) is -0.134. The average molecular weight is 250 g/mol. The van der Waals surface area contributed by atoms with Gasteiger partial charge in [-0.2, -0.15) is 0 Å². The first kappa shape index (κ1) is 12.3. The van der Waals surface area contributed by atoms with Crippen molar-refractivity contribution < 1.29 is 8.42 Å². The van der Waals surface area contributed by atoms with Crippen LogP contribution in [0, 0.1) is 6.92 Å². The smallest absolute Gasteiger partial charge is 0.270 e. The number of aromatic nitrogens is 1. The largest absolute Gasteiger partial charge is 0.315 e. The Balaban J connectivity index is 3.73. The Labute approximate surface area is 93.4 Å². The Morgan fingerprint density at radius 2 is 2.00 bits per heavy atom. The van der Waals surface area contributed by atoms with Crippen LogP contribution in [0.5, 0.6) is 0 Å². The van der Waals surface area contributed by atoms with E-state index in [1.54, 1.807) is 6.92 Å². The van der Waals surface area contributed by atoms with Crippen LogP contribution in [0.2, 0.25) is 5.02 Å². The van der Waals surface area contributed by atoms with Crippen molar-refractivity contribution in [3.63, 3.8) is 0 Å². The molecule has 0 atom stereocenters. The van der Waals surface area contributed by atoms with Crippen molar-refractivity contribution in [3.8, 4) is 0 Å². The summed E-state index contributed by atoms with van der Waals surface area (Å²) in [6.45, 7) is 3.17. The van der Waals surface area contributed by atoms with E-state index in [4.69, 9.17) is 11.6 Å². The summed E-state index contributed by atoms with van der Waals surface area (Å²) in [5.41, 5.74) is 0.0573. The van der Waals surface area contributed by atoms with E-state index in [1.165, 1.54) is 24.6 Å². The lowest BCUT2D eigenvalue weighted by atomic mass is 10.3. The molecule has 1 aromatic heterocycles. The van der Waals surface area contributed by atoms with Crippen molar-refractivity contribution in [2.75, 3.05) is 5.75 Å². The van der Waals surface area contributed by atoms with Crippen molar-refractivity contribution in [1.29, 1.82) is 0 Å². The first-order valence-corrected chi connectivity index (χ1v) is 6.43. The predicted octanol–water partition coefficient (Wildman–Crippen LogP) is 1.14. The molecule has 4 nitrogen and oxygen atoms in total. The van der Waals surface area contributed by atoms with Crippen LogP contribution in [0.1, 0.15) is 12.6 Å². The van der Waals surface area contributed by atoms with E-state index in [2.05, 4.69) is 0 Å². The molecule has 0 aliphatic rings. The monoisotopic (exact) mass is 249 g/mol. The van der Waals surface area contributed by atoms with Gasteiger partial charge >= 0.3 is 0 Å². The van der Waals surface area contributed by atoms with Gasteiger partial charge in [0, 0.05) is 12.7 Å². The van der Waals surface area contributed by atoms with E-state index in [1.807, 2.05) is 0 Å². The average Bonchev–Trinajstić information content (AvgIpc) is 2.14. The summed E-state index contributed by atoms with van der Waals surface area (Å²) in [6.07, 6.45) is 0. The van der Waals surface area contributed by atoms with Crippen molar-refractivity contribution in [1.82, 2.24) is 4.57 Å². The number of pyridine rings is 1. The maximum Gasteiger partial charge on any atom is 0.270 e. The SMILES string of the molecule is CCS(=O)(=O)c1c(Cl)cc(C)n(C)c1=O. The quantitative estimate of drug-likeness (QED) is 0.790. The molecule has 1 heterocycles. The first-order valence-electron chi connectivity index (χ1n) is 4.40. The van der Waals surface area contributed by atoms with Crippen LogP contribution in [0.3, 0.4) is 0 Å². The molecule has 0 bridgehead atoms. The van der Waals surface area contributed by atoms with Crippen molar-refractivity contribution >= 4 is 21.4 Å². The Kier molecular flexibility index (Phi) is 3.25. The number of halogens is 1. The molecule has 0 aliphatic carbocycles. The molecule has 0 saturated carbocycles. The standard InChI is InChI=1S/C9H12ClNO3S/c1-4-15(13,14)8-7(10)5-6(2)11(3)9(8)12/h5H,4H2,1-3H3. The zero-order valence-corrected chi connectivity index (χ0v) is 10.3. The van der Waals surface area contributed by atoms with Gasteiger partial charge in [0.05, 0.1) is 10.8 Å². The fourth-order valence-electron chi connectivity index (χ4n) is 1.19. The lowest BCUT2D eigenvalue weighted by molar-refractivity contribution is 0.594. The Bertz CT molecular complexity index is 545. The normalized spacial score (nSPS) is 11.7. The highest BCUT2D eigenvalue weighted by Crippen LogP contribution is 2.19. The van der Waals surface area contributed by atoms with Crippen molar-refractivity contribution in [2.45, 2.75) is 18.7 Å². The van der Waals surface area contributed by atoms with Gasteiger partial charge in [-0.05, 0) is 13.0 Å². The van der Waals surface area contributed by atoms with Crippen molar-refractivity contribution in [2.24, 2.45) is 7.05 Å². The third-order valence-electron chi connectivity index (χ3n) is 2.27. The molecule has 0 radical (unpaired) electrons. The predicted molar refractivity (Wildman–Crippen MR) is 59.2 cm³/mol. The van der Waals surface area contributed by atoms with Crippen LogP contribution in [-0.2, 0) is 16.9 Å². The molecule has 1 rings (SSSR count). The van der Waals surface area contributed by atoms with E-state index in [9.17, 15) is 13.2 Å². The molecule has 0 aromatic carbocycles. The molecule has 84 valence electrons. The number of aryl methyl sites for hydroxylation is 1. The molecule has 1 aromatic rings. The fraction of sp³-hybridized carbons (Fsp3) is 0.444. The third-order valence-corrected chi connectivity index (χ3v) is 4.46. The number of sulfone groups is 1. The molecule has 0 aliphatic heterocycles. The lowest BCUT2D eigenvalue weighted by Crippen LogP contribution is -2.26. The topological polar surface area (TPSA) is 56.1 Å². The van der Waals surface area contributed by atoms with Gasteiger partial charge in [-0.3, -0.25) is 4.79 Å². The molecule has 0 fully saturated rings. The number of hydrogen-bond acceptors (Lipinski definition) is 3. The van der Waals surface area contributed by atoms with Gasteiger partial charge in [0.25, 0.3) is 5.56 Å². The Morgan fingerprint density at radius 3 is 2.47 bits per heavy atom. The lowest BCUT2D eigenvalue weighted by Gasteiger charge is -2.08. The molecular formula is C9H12ClNO3S. The second kappa shape index (κ2) is 3.98. The molecule has 15 heavy (non-hydrogen) atoms. The van der Waals surface area contributed by atoms with Gasteiger partial charge in [0.1, 0.15) is 0 Å². The summed E-state index contributed by atoms with van der Waals surface area (Å²) < 4.78 is 24.5. The minimum absolute atomic E-state index is 0.00236. The summed E-state index contributed by atoms with van der Waals surface area (Å²) in [4.78, 5) is 11.4. The van der Waals surface area contributed by atoms with Gasteiger partial charge in [-0.1, -0.05) is 18.5 Å². The number of hydrogen-bond donors (Lipinski definition) is 0. The van der Waals surface area contributed by atoms with Crippen LogP contribution >= 0.6 is 11.6 Å². The highest BCUT2D eigenvalue weighted by Gasteiger charge is 2.21. The van der Waals surface area contributed by atoms with Gasteiger partial charge < -0.3 is 4.57 Å². The van der Waals surface area contributed by atoms with Crippen LogP contribution in [0.25, 0.3) is 0 Å². The second-order valence-corrected chi connectivity index (χ2v) is 5.85. The van der Waals surface area contributed by atoms with E-state index < -0.39 is 15.4 Å². The molecule has 0 spiro atoms. The van der Waals surface area contributed by atoms with E-state index >= 15 is 0 Å². The van der Waals surface area contributed by atoms with Crippen LogP contribution < -0.4 is 5.56 Å². The van der Waals surface area contributed by atoms with Crippen LogP contribution in [-0.4, -0.2) is 18.7 Å².